The van der Waals surface area contributed by atoms with Gasteiger partial charge in [-0.05, 0) is 30.9 Å². The molecule has 0 saturated carbocycles. The number of fused-ring (bicyclic) bond motifs is 1. The van der Waals surface area contributed by atoms with Crippen molar-refractivity contribution in [2.24, 2.45) is 5.92 Å². The zero-order valence-electron chi connectivity index (χ0n) is 17.3. The lowest BCUT2D eigenvalue weighted by Crippen LogP contribution is -2.53. The summed E-state index contributed by atoms with van der Waals surface area (Å²) in [6, 6.07) is 8.87. The van der Waals surface area contributed by atoms with Gasteiger partial charge >= 0.3 is 6.03 Å². The van der Waals surface area contributed by atoms with Crippen LogP contribution in [0.3, 0.4) is 0 Å². The molecule has 4 rings (SSSR count). The fraction of sp³-hybridized carbons (Fsp3) is 0.682. The number of carbonyl (C=O) groups excluding carboxylic acids is 1. The molecular formula is C22H34N4O3. The largest absolute Gasteiger partial charge is 0.381 e. The molecule has 7 heteroatoms. The van der Waals surface area contributed by atoms with E-state index in [0.717, 1.165) is 71.9 Å². The Bertz CT molecular complexity index is 659. The summed E-state index contributed by atoms with van der Waals surface area (Å²) in [7, 11) is 0. The molecule has 2 amide bonds. The molecule has 2 saturated heterocycles. The van der Waals surface area contributed by atoms with Gasteiger partial charge in [0.15, 0.2) is 0 Å². The normalized spacial score (nSPS) is 23.0. The number of hydrogen-bond acceptors (Lipinski definition) is 5. The highest BCUT2D eigenvalue weighted by atomic mass is 16.5. The van der Waals surface area contributed by atoms with E-state index in [1.807, 2.05) is 0 Å². The summed E-state index contributed by atoms with van der Waals surface area (Å²) in [6.07, 6.45) is 3.14. The molecule has 3 aliphatic rings. The number of anilines is 1. The quantitative estimate of drug-likeness (QED) is 0.645. The SMILES string of the molecule is O=C(NCCCN1CCc2ccccc21)NCC(C1CCOC1)N1CCOCC1. The average Bonchev–Trinajstić information content (AvgIpc) is 3.43. The number of nitrogens with zero attached hydrogens (tertiary/aromatic N) is 2. The van der Waals surface area contributed by atoms with Crippen LogP contribution in [0.2, 0.25) is 0 Å². The minimum absolute atomic E-state index is 0.0657. The summed E-state index contributed by atoms with van der Waals surface area (Å²) in [5.41, 5.74) is 2.78. The Morgan fingerprint density at radius 1 is 1.10 bits per heavy atom. The maximum Gasteiger partial charge on any atom is 0.314 e. The zero-order valence-corrected chi connectivity index (χ0v) is 17.3. The Balaban J connectivity index is 1.17. The predicted molar refractivity (Wildman–Crippen MR) is 113 cm³/mol. The van der Waals surface area contributed by atoms with Gasteiger partial charge in [-0.3, -0.25) is 4.90 Å². The standard InChI is InChI=1S/C22H34N4O3/c27-22(23-8-3-9-25-10-6-18-4-1-2-5-20(18)25)24-16-21(19-7-13-29-17-19)26-11-14-28-15-12-26/h1-2,4-5,19,21H,3,6-17H2,(H2,23,24,27). The van der Waals surface area contributed by atoms with E-state index in [-0.39, 0.29) is 6.03 Å². The number of amides is 2. The number of rotatable bonds is 8. The molecule has 0 aromatic heterocycles. The van der Waals surface area contributed by atoms with Gasteiger partial charge in [0, 0.05) is 63.5 Å². The van der Waals surface area contributed by atoms with Gasteiger partial charge in [0.1, 0.15) is 0 Å². The van der Waals surface area contributed by atoms with Crippen molar-refractivity contribution in [1.29, 1.82) is 0 Å². The fourth-order valence-corrected chi connectivity index (χ4v) is 4.73. The lowest BCUT2D eigenvalue weighted by molar-refractivity contribution is 0.00213. The van der Waals surface area contributed by atoms with Crippen LogP contribution >= 0.6 is 0 Å². The van der Waals surface area contributed by atoms with Crippen LogP contribution in [0.25, 0.3) is 0 Å². The second-order valence-electron chi connectivity index (χ2n) is 8.20. The molecular weight excluding hydrogens is 368 g/mol. The molecule has 1 aromatic rings. The molecule has 2 atom stereocenters. The van der Waals surface area contributed by atoms with Crippen LogP contribution < -0.4 is 15.5 Å². The summed E-state index contributed by atoms with van der Waals surface area (Å²) in [4.78, 5) is 17.2. The van der Waals surface area contributed by atoms with Gasteiger partial charge < -0.3 is 25.0 Å². The van der Waals surface area contributed by atoms with Crippen LogP contribution in [-0.4, -0.2) is 82.7 Å². The Hall–Kier alpha value is -1.83. The first-order chi connectivity index (χ1) is 14.3. The summed E-state index contributed by atoms with van der Waals surface area (Å²) >= 11 is 0. The number of ether oxygens (including phenoxy) is 2. The van der Waals surface area contributed by atoms with Crippen molar-refractivity contribution < 1.29 is 14.3 Å². The van der Waals surface area contributed by atoms with E-state index < -0.39 is 0 Å². The second-order valence-corrected chi connectivity index (χ2v) is 8.20. The first-order valence-corrected chi connectivity index (χ1v) is 11.1. The maximum absolute atomic E-state index is 12.3. The number of hydrogen-bond donors (Lipinski definition) is 2. The van der Waals surface area contributed by atoms with Crippen LogP contribution in [0.5, 0.6) is 0 Å². The van der Waals surface area contributed by atoms with Crippen molar-refractivity contribution >= 4 is 11.7 Å². The third kappa shape index (κ3) is 5.41. The maximum atomic E-state index is 12.3. The summed E-state index contributed by atoms with van der Waals surface area (Å²) in [5.74, 6) is 0.489. The highest BCUT2D eigenvalue weighted by Gasteiger charge is 2.31. The number of morpholine rings is 1. The van der Waals surface area contributed by atoms with Gasteiger partial charge in [0.25, 0.3) is 0 Å². The molecule has 160 valence electrons. The topological polar surface area (TPSA) is 66.1 Å². The molecule has 7 nitrogen and oxygen atoms in total. The number of para-hydroxylation sites is 1. The third-order valence-corrected chi connectivity index (χ3v) is 6.37. The second kappa shape index (κ2) is 10.3. The smallest absolute Gasteiger partial charge is 0.314 e. The Labute approximate surface area is 173 Å². The lowest BCUT2D eigenvalue weighted by Gasteiger charge is -2.37. The van der Waals surface area contributed by atoms with Crippen molar-refractivity contribution in [2.45, 2.75) is 25.3 Å². The first-order valence-electron chi connectivity index (χ1n) is 11.1. The predicted octanol–water partition coefficient (Wildman–Crippen LogP) is 1.48. The van der Waals surface area contributed by atoms with E-state index in [1.54, 1.807) is 0 Å². The number of nitrogens with one attached hydrogen (secondary N) is 2. The molecule has 3 aliphatic heterocycles. The Morgan fingerprint density at radius 2 is 1.97 bits per heavy atom. The molecule has 0 aliphatic carbocycles. The fourth-order valence-electron chi connectivity index (χ4n) is 4.73. The third-order valence-electron chi connectivity index (χ3n) is 6.37. The van der Waals surface area contributed by atoms with Crippen molar-refractivity contribution in [1.82, 2.24) is 15.5 Å². The van der Waals surface area contributed by atoms with Gasteiger partial charge in [-0.1, -0.05) is 18.2 Å². The van der Waals surface area contributed by atoms with Crippen LogP contribution in [0.4, 0.5) is 10.5 Å². The first kappa shape index (κ1) is 20.4. The number of benzene rings is 1. The Kier molecular flexibility index (Phi) is 7.24. The Morgan fingerprint density at radius 3 is 2.79 bits per heavy atom. The zero-order chi connectivity index (χ0) is 19.9. The van der Waals surface area contributed by atoms with E-state index in [1.165, 1.54) is 11.3 Å². The van der Waals surface area contributed by atoms with E-state index in [2.05, 4.69) is 44.7 Å². The molecule has 0 bridgehead atoms. The van der Waals surface area contributed by atoms with Gasteiger partial charge in [0.05, 0.1) is 19.8 Å². The molecule has 2 unspecified atom stereocenters. The molecule has 0 spiro atoms. The van der Waals surface area contributed by atoms with Crippen LogP contribution in [0.1, 0.15) is 18.4 Å². The number of urea groups is 1. The summed E-state index contributed by atoms with van der Waals surface area (Å²) in [5, 5.41) is 6.13. The molecule has 1 aromatic carbocycles. The van der Waals surface area contributed by atoms with Gasteiger partial charge in [-0.15, -0.1) is 0 Å². The van der Waals surface area contributed by atoms with Crippen LogP contribution in [-0.2, 0) is 15.9 Å². The highest BCUT2D eigenvalue weighted by molar-refractivity contribution is 5.73. The highest BCUT2D eigenvalue weighted by Crippen LogP contribution is 2.27. The monoisotopic (exact) mass is 402 g/mol. The molecule has 29 heavy (non-hydrogen) atoms. The molecule has 2 fully saturated rings. The molecule has 3 heterocycles. The van der Waals surface area contributed by atoms with Gasteiger partial charge in [0.2, 0.25) is 0 Å². The van der Waals surface area contributed by atoms with E-state index >= 15 is 0 Å². The molecule has 0 radical (unpaired) electrons. The molecule has 2 N–H and O–H groups in total. The van der Waals surface area contributed by atoms with E-state index in [0.29, 0.717) is 25.0 Å². The summed E-state index contributed by atoms with van der Waals surface area (Å²) < 4.78 is 11.1. The van der Waals surface area contributed by atoms with Gasteiger partial charge in [-0.2, -0.15) is 0 Å². The lowest BCUT2D eigenvalue weighted by atomic mass is 9.97. The van der Waals surface area contributed by atoms with Crippen LogP contribution in [0, 0.1) is 5.92 Å². The van der Waals surface area contributed by atoms with Crippen molar-refractivity contribution in [3.05, 3.63) is 29.8 Å². The van der Waals surface area contributed by atoms with Crippen molar-refractivity contribution in [2.75, 3.05) is 70.6 Å². The summed E-state index contributed by atoms with van der Waals surface area (Å²) in [6.45, 7) is 8.46. The van der Waals surface area contributed by atoms with Crippen molar-refractivity contribution in [3.8, 4) is 0 Å². The van der Waals surface area contributed by atoms with Gasteiger partial charge in [-0.25, -0.2) is 4.79 Å². The minimum Gasteiger partial charge on any atom is -0.381 e. The average molecular weight is 403 g/mol. The van der Waals surface area contributed by atoms with E-state index in [9.17, 15) is 4.79 Å². The minimum atomic E-state index is -0.0657. The van der Waals surface area contributed by atoms with Crippen LogP contribution in [0.15, 0.2) is 24.3 Å². The van der Waals surface area contributed by atoms with Crippen molar-refractivity contribution in [3.63, 3.8) is 0 Å². The van der Waals surface area contributed by atoms with E-state index in [4.69, 9.17) is 9.47 Å². The number of carbonyl (C=O) groups is 1.